The van der Waals surface area contributed by atoms with Crippen molar-refractivity contribution in [1.82, 2.24) is 9.13 Å². The van der Waals surface area contributed by atoms with Crippen molar-refractivity contribution in [2.75, 3.05) is 6.61 Å². The van der Waals surface area contributed by atoms with Gasteiger partial charge >= 0.3 is 11.7 Å². The van der Waals surface area contributed by atoms with Crippen molar-refractivity contribution in [2.24, 2.45) is 0 Å². The highest BCUT2D eigenvalue weighted by Crippen LogP contribution is 2.13. The van der Waals surface area contributed by atoms with E-state index in [2.05, 4.69) is 0 Å². The van der Waals surface area contributed by atoms with Crippen molar-refractivity contribution in [3.63, 3.8) is 0 Å². The Bertz CT molecular complexity index is 883. The van der Waals surface area contributed by atoms with E-state index in [1.165, 1.54) is 24.4 Å². The minimum Gasteiger partial charge on any atom is -0.465 e. The van der Waals surface area contributed by atoms with Crippen LogP contribution < -0.4 is 11.2 Å². The van der Waals surface area contributed by atoms with E-state index in [9.17, 15) is 24.5 Å². The van der Waals surface area contributed by atoms with Crippen LogP contribution in [-0.2, 0) is 22.6 Å². The lowest BCUT2D eigenvalue weighted by Gasteiger charge is -2.09. The molecule has 0 N–H and O–H groups in total. The van der Waals surface area contributed by atoms with Gasteiger partial charge in [0.15, 0.2) is 0 Å². The summed E-state index contributed by atoms with van der Waals surface area (Å²) < 4.78 is 6.72. The maximum absolute atomic E-state index is 12.3. The summed E-state index contributed by atoms with van der Waals surface area (Å²) in [6.07, 6.45) is 1.21. The van der Waals surface area contributed by atoms with Gasteiger partial charge in [-0.25, -0.2) is 4.79 Å². The third-order valence-electron chi connectivity index (χ3n) is 3.21. The maximum Gasteiger partial charge on any atom is 0.331 e. The summed E-state index contributed by atoms with van der Waals surface area (Å²) in [6, 6.07) is 6.79. The number of non-ortho nitro benzene ring substituents is 1. The topological polar surface area (TPSA) is 113 Å². The van der Waals surface area contributed by atoms with E-state index in [-0.39, 0.29) is 25.4 Å². The zero-order valence-corrected chi connectivity index (χ0v) is 12.9. The van der Waals surface area contributed by atoms with Crippen LogP contribution in [0, 0.1) is 10.1 Å². The minimum atomic E-state index is -0.693. The second-order valence-corrected chi connectivity index (χ2v) is 4.88. The lowest BCUT2D eigenvalue weighted by atomic mass is 10.2. The Hall–Kier alpha value is -3.23. The first-order valence-corrected chi connectivity index (χ1v) is 7.11. The molecule has 0 aliphatic heterocycles. The molecule has 0 amide bonds. The van der Waals surface area contributed by atoms with Crippen molar-refractivity contribution in [3.05, 3.63) is 73.0 Å². The molecule has 126 valence electrons. The van der Waals surface area contributed by atoms with Gasteiger partial charge in [-0.3, -0.25) is 28.8 Å². The smallest absolute Gasteiger partial charge is 0.331 e. The number of esters is 1. The summed E-state index contributed by atoms with van der Waals surface area (Å²) in [5.74, 6) is -0.597. The molecule has 1 aromatic heterocycles. The Kier molecular flexibility index (Phi) is 5.25. The molecule has 0 spiro atoms. The molecule has 0 saturated heterocycles. The second kappa shape index (κ2) is 7.36. The van der Waals surface area contributed by atoms with Crippen molar-refractivity contribution in [3.8, 4) is 0 Å². The largest absolute Gasteiger partial charge is 0.465 e. The molecule has 1 aromatic carbocycles. The van der Waals surface area contributed by atoms with Crippen LogP contribution in [0.3, 0.4) is 0 Å². The van der Waals surface area contributed by atoms with E-state index < -0.39 is 22.1 Å². The molecule has 0 aliphatic carbocycles. The average Bonchev–Trinajstić information content (AvgIpc) is 2.54. The number of nitrogens with zero attached hydrogens (tertiary/aromatic N) is 3. The number of nitro groups is 1. The van der Waals surface area contributed by atoms with Crippen LogP contribution in [0.2, 0.25) is 0 Å². The van der Waals surface area contributed by atoms with Crippen molar-refractivity contribution >= 4 is 11.7 Å². The molecule has 9 heteroatoms. The van der Waals surface area contributed by atoms with Gasteiger partial charge in [0, 0.05) is 24.4 Å². The lowest BCUT2D eigenvalue weighted by molar-refractivity contribution is -0.384. The average molecular weight is 333 g/mol. The summed E-state index contributed by atoms with van der Waals surface area (Å²) in [5.41, 5.74) is -0.964. The Morgan fingerprint density at radius 3 is 2.71 bits per heavy atom. The molecular weight excluding hydrogens is 318 g/mol. The van der Waals surface area contributed by atoms with Crippen molar-refractivity contribution in [2.45, 2.75) is 20.0 Å². The molecule has 24 heavy (non-hydrogen) atoms. The van der Waals surface area contributed by atoms with Gasteiger partial charge in [-0.05, 0) is 12.5 Å². The van der Waals surface area contributed by atoms with E-state index in [1.807, 2.05) is 0 Å². The predicted molar refractivity (Wildman–Crippen MR) is 83.8 cm³/mol. The number of carbonyl (C=O) groups excluding carboxylic acids is 1. The summed E-state index contributed by atoms with van der Waals surface area (Å²) in [5, 5.41) is 10.8. The number of hydrogen-bond acceptors (Lipinski definition) is 6. The first-order chi connectivity index (χ1) is 11.4. The summed E-state index contributed by atoms with van der Waals surface area (Å²) in [7, 11) is 0. The first-order valence-electron chi connectivity index (χ1n) is 7.11. The zero-order chi connectivity index (χ0) is 17.7. The van der Waals surface area contributed by atoms with E-state index in [0.717, 1.165) is 15.2 Å². The van der Waals surface area contributed by atoms with Crippen LogP contribution in [0.4, 0.5) is 5.69 Å². The molecule has 0 aliphatic rings. The molecule has 0 atom stereocenters. The van der Waals surface area contributed by atoms with Gasteiger partial charge in [0.25, 0.3) is 11.2 Å². The van der Waals surface area contributed by atoms with Crippen LogP contribution >= 0.6 is 0 Å². The number of nitro benzene ring substituents is 1. The molecule has 0 saturated carbocycles. The van der Waals surface area contributed by atoms with Crippen LogP contribution in [0.15, 0.2) is 46.1 Å². The number of hydrogen-bond donors (Lipinski definition) is 0. The van der Waals surface area contributed by atoms with Crippen molar-refractivity contribution < 1.29 is 14.5 Å². The van der Waals surface area contributed by atoms with Crippen molar-refractivity contribution in [1.29, 1.82) is 0 Å². The molecule has 0 unspecified atom stereocenters. The fourth-order valence-electron chi connectivity index (χ4n) is 2.12. The lowest BCUT2D eigenvalue weighted by Crippen LogP contribution is -2.40. The van der Waals surface area contributed by atoms with E-state index in [1.54, 1.807) is 13.0 Å². The fraction of sp³-hybridized carbons (Fsp3) is 0.267. The molecule has 0 bridgehead atoms. The second-order valence-electron chi connectivity index (χ2n) is 4.88. The minimum absolute atomic E-state index is 0.136. The quantitative estimate of drug-likeness (QED) is 0.433. The Balaban J connectivity index is 2.35. The monoisotopic (exact) mass is 333 g/mol. The van der Waals surface area contributed by atoms with Gasteiger partial charge in [-0.15, -0.1) is 0 Å². The molecule has 0 radical (unpaired) electrons. The highest BCUT2D eigenvalue weighted by molar-refractivity contribution is 5.69. The maximum atomic E-state index is 12.3. The normalized spacial score (nSPS) is 10.4. The zero-order valence-electron chi connectivity index (χ0n) is 12.9. The molecular formula is C15H15N3O6. The Morgan fingerprint density at radius 2 is 2.04 bits per heavy atom. The SMILES string of the molecule is CCOC(=O)Cn1ccc(=O)n(Cc2cccc([N+](=O)[O-])c2)c1=O. The van der Waals surface area contributed by atoms with Crippen LogP contribution in [0.1, 0.15) is 12.5 Å². The van der Waals surface area contributed by atoms with Crippen LogP contribution in [0.5, 0.6) is 0 Å². The Morgan fingerprint density at radius 1 is 1.29 bits per heavy atom. The van der Waals surface area contributed by atoms with Crippen LogP contribution in [0.25, 0.3) is 0 Å². The van der Waals surface area contributed by atoms with Gasteiger partial charge in [0.1, 0.15) is 6.54 Å². The molecule has 0 fully saturated rings. The molecule has 2 aromatic rings. The summed E-state index contributed by atoms with van der Waals surface area (Å²) >= 11 is 0. The van der Waals surface area contributed by atoms with Gasteiger partial charge in [-0.2, -0.15) is 0 Å². The van der Waals surface area contributed by atoms with Gasteiger partial charge in [-0.1, -0.05) is 12.1 Å². The highest BCUT2D eigenvalue weighted by atomic mass is 16.6. The third kappa shape index (κ3) is 3.94. The third-order valence-corrected chi connectivity index (χ3v) is 3.21. The first kappa shape index (κ1) is 17.1. The molecule has 1 heterocycles. The number of aromatic nitrogens is 2. The number of carbonyl (C=O) groups is 1. The van der Waals surface area contributed by atoms with Crippen LogP contribution in [-0.4, -0.2) is 26.6 Å². The fourth-order valence-corrected chi connectivity index (χ4v) is 2.12. The highest BCUT2D eigenvalue weighted by Gasteiger charge is 2.11. The van der Waals surface area contributed by atoms with Gasteiger partial charge in [0.05, 0.1) is 18.1 Å². The summed E-state index contributed by atoms with van der Waals surface area (Å²) in [4.78, 5) is 46.0. The van der Waals surface area contributed by atoms with Gasteiger partial charge in [0.2, 0.25) is 0 Å². The predicted octanol–water partition coefficient (Wildman–Crippen LogP) is 0.530. The number of ether oxygens (including phenoxy) is 1. The van der Waals surface area contributed by atoms with E-state index in [0.29, 0.717) is 5.56 Å². The Labute approximate surface area is 135 Å². The number of rotatable bonds is 6. The number of benzene rings is 1. The van der Waals surface area contributed by atoms with Gasteiger partial charge < -0.3 is 4.74 Å². The summed E-state index contributed by atoms with van der Waals surface area (Å²) in [6.45, 7) is 1.37. The van der Waals surface area contributed by atoms with E-state index >= 15 is 0 Å². The standard InChI is InChI=1S/C15H15N3O6/c1-2-24-14(20)10-16-7-6-13(19)17(15(16)21)9-11-4-3-5-12(8-11)18(22)23/h3-8H,2,9-10H2,1H3. The molecule has 9 nitrogen and oxygen atoms in total. The molecule has 2 rings (SSSR count). The van der Waals surface area contributed by atoms with E-state index in [4.69, 9.17) is 4.74 Å².